The maximum absolute atomic E-state index is 12.2. The quantitative estimate of drug-likeness (QED) is 0.678. The molecule has 2 aliphatic rings. The first-order valence-corrected chi connectivity index (χ1v) is 8.65. The van der Waals surface area contributed by atoms with Crippen LogP contribution in [0.15, 0.2) is 35.5 Å². The molecule has 1 saturated heterocycles. The number of hydrogen-bond donors (Lipinski definition) is 0. The third-order valence-corrected chi connectivity index (χ3v) is 4.29. The lowest BCUT2D eigenvalue weighted by molar-refractivity contribution is -0.0639. The van der Waals surface area contributed by atoms with Crippen LogP contribution in [-0.4, -0.2) is 41.0 Å². The second kappa shape index (κ2) is 6.79. The van der Waals surface area contributed by atoms with Crippen molar-refractivity contribution in [2.24, 2.45) is 5.16 Å². The van der Waals surface area contributed by atoms with Crippen LogP contribution in [0.4, 0.5) is 4.79 Å². The van der Waals surface area contributed by atoms with Crippen molar-refractivity contribution >= 4 is 11.8 Å². The zero-order valence-electron chi connectivity index (χ0n) is 15.0. The van der Waals surface area contributed by atoms with Gasteiger partial charge >= 0.3 is 6.09 Å². The fourth-order valence-corrected chi connectivity index (χ4v) is 2.95. The highest BCUT2D eigenvalue weighted by molar-refractivity contribution is 6.01. The minimum Gasteiger partial charge on any atom is -0.444 e. The Morgan fingerprint density at radius 2 is 1.88 bits per heavy atom. The highest BCUT2D eigenvalue weighted by atomic mass is 16.7. The second-order valence-corrected chi connectivity index (χ2v) is 7.57. The molecule has 0 radical (unpaired) electrons. The van der Waals surface area contributed by atoms with Crippen molar-refractivity contribution in [1.29, 1.82) is 0 Å². The Labute approximate surface area is 149 Å². The van der Waals surface area contributed by atoms with Crippen LogP contribution in [0.2, 0.25) is 0 Å². The van der Waals surface area contributed by atoms with Crippen LogP contribution in [0.25, 0.3) is 0 Å². The Balaban J connectivity index is 1.54. The molecule has 0 aromatic heterocycles. The lowest BCUT2D eigenvalue weighted by atomic mass is 9.87. The molecule has 0 saturated carbocycles. The summed E-state index contributed by atoms with van der Waals surface area (Å²) in [5.74, 6) is 6.22. The fraction of sp³-hybridized carbons (Fsp3) is 0.500. The van der Waals surface area contributed by atoms with Gasteiger partial charge in [0.1, 0.15) is 16.9 Å². The normalized spacial score (nSPS) is 18.8. The molecule has 5 nitrogen and oxygen atoms in total. The van der Waals surface area contributed by atoms with Gasteiger partial charge in [0.2, 0.25) is 0 Å². The van der Waals surface area contributed by atoms with E-state index in [4.69, 9.17) is 9.57 Å². The van der Waals surface area contributed by atoms with Gasteiger partial charge in [-0.15, -0.1) is 0 Å². The summed E-state index contributed by atoms with van der Waals surface area (Å²) in [6.07, 6.45) is 1.93. The van der Waals surface area contributed by atoms with Gasteiger partial charge in [-0.25, -0.2) is 4.79 Å². The molecule has 3 rings (SSSR count). The first kappa shape index (κ1) is 17.3. The lowest BCUT2D eigenvalue weighted by Gasteiger charge is -2.37. The molecule has 2 heterocycles. The average molecular weight is 340 g/mol. The Morgan fingerprint density at radius 1 is 1.20 bits per heavy atom. The number of likely N-dealkylation sites (tertiary alicyclic amines) is 1. The first-order chi connectivity index (χ1) is 11.9. The lowest BCUT2D eigenvalue weighted by Crippen LogP contribution is -2.48. The van der Waals surface area contributed by atoms with Crippen molar-refractivity contribution in [3.63, 3.8) is 0 Å². The summed E-state index contributed by atoms with van der Waals surface area (Å²) >= 11 is 0. The highest BCUT2D eigenvalue weighted by Crippen LogP contribution is 2.34. The van der Waals surface area contributed by atoms with Gasteiger partial charge in [-0.3, -0.25) is 0 Å². The number of carbonyl (C=O) groups is 1. The van der Waals surface area contributed by atoms with Crippen molar-refractivity contribution < 1.29 is 14.4 Å². The molecule has 1 aromatic rings. The van der Waals surface area contributed by atoms with Crippen molar-refractivity contribution in [1.82, 2.24) is 4.90 Å². The average Bonchev–Trinajstić information content (AvgIpc) is 2.96. The molecule has 1 spiro atoms. The smallest absolute Gasteiger partial charge is 0.410 e. The van der Waals surface area contributed by atoms with E-state index in [0.29, 0.717) is 19.5 Å². The number of benzene rings is 1. The molecule has 5 heteroatoms. The fourth-order valence-electron chi connectivity index (χ4n) is 2.95. The summed E-state index contributed by atoms with van der Waals surface area (Å²) < 4.78 is 5.43. The number of rotatable bonds is 0. The zero-order valence-corrected chi connectivity index (χ0v) is 15.0. The van der Waals surface area contributed by atoms with Crippen LogP contribution in [0.1, 0.15) is 45.6 Å². The molecule has 1 fully saturated rings. The van der Waals surface area contributed by atoms with Crippen LogP contribution in [0.3, 0.4) is 0 Å². The number of oxime groups is 1. The van der Waals surface area contributed by atoms with Gasteiger partial charge in [-0.2, -0.15) is 0 Å². The van der Waals surface area contributed by atoms with E-state index >= 15 is 0 Å². The molecule has 25 heavy (non-hydrogen) atoms. The Kier molecular flexibility index (Phi) is 4.71. The van der Waals surface area contributed by atoms with Gasteiger partial charge in [0.15, 0.2) is 0 Å². The minimum atomic E-state index is -0.473. The second-order valence-electron chi connectivity index (χ2n) is 7.57. The number of hydrogen-bond acceptors (Lipinski definition) is 4. The molecule has 132 valence electrons. The van der Waals surface area contributed by atoms with Gasteiger partial charge in [0, 0.05) is 37.9 Å². The van der Waals surface area contributed by atoms with E-state index in [1.165, 1.54) is 0 Å². The van der Waals surface area contributed by atoms with Gasteiger partial charge in [0.25, 0.3) is 0 Å². The van der Waals surface area contributed by atoms with Crippen LogP contribution >= 0.6 is 0 Å². The first-order valence-electron chi connectivity index (χ1n) is 8.65. The molecular weight excluding hydrogens is 316 g/mol. The van der Waals surface area contributed by atoms with Crippen molar-refractivity contribution in [2.45, 2.75) is 51.2 Å². The minimum absolute atomic E-state index is 0.259. The van der Waals surface area contributed by atoms with Crippen molar-refractivity contribution in [3.8, 4) is 11.8 Å². The van der Waals surface area contributed by atoms with Crippen LogP contribution in [-0.2, 0) is 9.57 Å². The molecular formula is C20H24N2O3. The van der Waals surface area contributed by atoms with E-state index < -0.39 is 5.60 Å². The summed E-state index contributed by atoms with van der Waals surface area (Å²) in [5.41, 5.74) is 0.943. The number of nitrogens with zero attached hydrogens (tertiary/aromatic N) is 2. The monoisotopic (exact) mass is 340 g/mol. The number of piperidine rings is 1. The number of carbonyl (C=O) groups excluding carboxylic acids is 1. The summed E-state index contributed by atoms with van der Waals surface area (Å²) in [6, 6.07) is 9.83. The summed E-state index contributed by atoms with van der Waals surface area (Å²) in [5, 5.41) is 4.17. The zero-order chi connectivity index (χ0) is 17.9. The maximum atomic E-state index is 12.2. The molecule has 1 aromatic carbocycles. The predicted molar refractivity (Wildman–Crippen MR) is 96.2 cm³/mol. The summed E-state index contributed by atoms with van der Waals surface area (Å²) in [6.45, 7) is 6.86. The molecule has 0 aliphatic carbocycles. The molecule has 0 atom stereocenters. The topological polar surface area (TPSA) is 51.1 Å². The summed E-state index contributed by atoms with van der Waals surface area (Å²) in [7, 11) is 0. The van der Waals surface area contributed by atoms with E-state index in [0.717, 1.165) is 24.1 Å². The van der Waals surface area contributed by atoms with Gasteiger partial charge < -0.3 is 14.5 Å². The highest BCUT2D eigenvalue weighted by Gasteiger charge is 2.43. The third-order valence-electron chi connectivity index (χ3n) is 4.29. The van der Waals surface area contributed by atoms with Crippen molar-refractivity contribution in [3.05, 3.63) is 35.9 Å². The Hall–Kier alpha value is -2.48. The van der Waals surface area contributed by atoms with E-state index in [-0.39, 0.29) is 11.7 Å². The molecule has 2 aliphatic heterocycles. The molecule has 0 bridgehead atoms. The SMILES string of the molecule is CC(C)(C)OC(=O)N1CCC2(CC1)CC(C#Cc1ccccc1)=NO2. The van der Waals surface area contributed by atoms with E-state index in [9.17, 15) is 4.79 Å². The number of amides is 1. The van der Waals surface area contributed by atoms with Gasteiger partial charge in [-0.1, -0.05) is 29.3 Å². The van der Waals surface area contributed by atoms with E-state index in [2.05, 4.69) is 17.0 Å². The number of ether oxygens (including phenoxy) is 1. The maximum Gasteiger partial charge on any atom is 0.410 e. The van der Waals surface area contributed by atoms with Crippen molar-refractivity contribution in [2.75, 3.05) is 13.1 Å². The Bertz CT molecular complexity index is 715. The van der Waals surface area contributed by atoms with Gasteiger partial charge in [-0.05, 0) is 38.8 Å². The molecule has 1 amide bonds. The standard InChI is InChI=1S/C20H24N2O3/c1-19(2,3)24-18(23)22-13-11-20(12-14-22)15-17(21-25-20)10-9-16-7-5-4-6-8-16/h4-8H,11-15H2,1-3H3. The van der Waals surface area contributed by atoms with Crippen LogP contribution in [0, 0.1) is 11.8 Å². The van der Waals surface area contributed by atoms with Crippen LogP contribution in [0.5, 0.6) is 0 Å². The molecule has 0 unspecified atom stereocenters. The van der Waals surface area contributed by atoms with E-state index in [1.54, 1.807) is 4.90 Å². The Morgan fingerprint density at radius 3 is 2.52 bits per heavy atom. The summed E-state index contributed by atoms with van der Waals surface area (Å²) in [4.78, 5) is 19.6. The van der Waals surface area contributed by atoms with Gasteiger partial charge in [0.05, 0.1) is 0 Å². The largest absolute Gasteiger partial charge is 0.444 e. The predicted octanol–water partition coefficient (Wildman–Crippen LogP) is 3.58. The van der Waals surface area contributed by atoms with E-state index in [1.807, 2.05) is 51.1 Å². The third kappa shape index (κ3) is 4.54. The molecule has 0 N–H and O–H groups in total. The van der Waals surface area contributed by atoms with Crippen LogP contribution < -0.4 is 0 Å².